The number of pyridine rings is 1. The summed E-state index contributed by atoms with van der Waals surface area (Å²) >= 11 is 0. The third-order valence-corrected chi connectivity index (χ3v) is 1.81. The monoisotopic (exact) mass is 191 g/mol. The first-order valence-electron chi connectivity index (χ1n) is 4.42. The maximum atomic E-state index is 11.6. The van der Waals surface area contributed by atoms with E-state index in [9.17, 15) is 9.59 Å². The summed E-state index contributed by atoms with van der Waals surface area (Å²) in [5.74, 6) is -0.851. The third kappa shape index (κ3) is 2.25. The van der Waals surface area contributed by atoms with Crippen molar-refractivity contribution in [3.05, 3.63) is 30.1 Å². The molecule has 1 heterocycles. The molecule has 0 aliphatic rings. The van der Waals surface area contributed by atoms with Gasteiger partial charge in [0, 0.05) is 23.4 Å². The second-order valence-electron chi connectivity index (χ2n) is 4.15. The van der Waals surface area contributed by atoms with Gasteiger partial charge in [-0.15, -0.1) is 0 Å². The summed E-state index contributed by atoms with van der Waals surface area (Å²) in [5.41, 5.74) is -0.278. The second kappa shape index (κ2) is 3.70. The van der Waals surface area contributed by atoms with Crippen LogP contribution in [0.1, 0.15) is 31.1 Å². The molecule has 0 N–H and O–H groups in total. The van der Waals surface area contributed by atoms with Crippen LogP contribution >= 0.6 is 0 Å². The van der Waals surface area contributed by atoms with Gasteiger partial charge in [-0.25, -0.2) is 0 Å². The Morgan fingerprint density at radius 3 is 2.36 bits per heavy atom. The number of hydrogen-bond donors (Lipinski definition) is 0. The standard InChI is InChI=1S/C11H13NO2/c1-11(2,3)10(14)9(13)8-5-4-6-12-7-8/h4-7H,1-3H3. The Morgan fingerprint density at radius 2 is 1.93 bits per heavy atom. The molecule has 0 fully saturated rings. The lowest BCUT2D eigenvalue weighted by molar-refractivity contribution is -0.121. The van der Waals surface area contributed by atoms with Crippen LogP contribution in [0.2, 0.25) is 0 Å². The topological polar surface area (TPSA) is 47.0 Å². The summed E-state index contributed by atoms with van der Waals surface area (Å²) < 4.78 is 0. The maximum absolute atomic E-state index is 11.6. The Labute approximate surface area is 83.2 Å². The molecule has 1 aromatic rings. The van der Waals surface area contributed by atoms with Gasteiger partial charge in [0.05, 0.1) is 0 Å². The van der Waals surface area contributed by atoms with E-state index in [-0.39, 0.29) is 5.78 Å². The molecule has 0 saturated carbocycles. The highest BCUT2D eigenvalue weighted by Crippen LogP contribution is 2.17. The van der Waals surface area contributed by atoms with Crippen LogP contribution in [0.4, 0.5) is 0 Å². The van der Waals surface area contributed by atoms with E-state index in [1.807, 2.05) is 0 Å². The van der Waals surface area contributed by atoms with Gasteiger partial charge >= 0.3 is 0 Å². The van der Waals surface area contributed by atoms with E-state index in [2.05, 4.69) is 4.98 Å². The van der Waals surface area contributed by atoms with E-state index in [0.29, 0.717) is 5.56 Å². The van der Waals surface area contributed by atoms with Crippen LogP contribution in [-0.2, 0) is 4.79 Å². The van der Waals surface area contributed by atoms with Crippen LogP contribution in [-0.4, -0.2) is 16.6 Å². The number of carbonyl (C=O) groups excluding carboxylic acids is 2. The van der Waals surface area contributed by atoms with Gasteiger partial charge in [-0.2, -0.15) is 0 Å². The molecule has 3 heteroatoms. The normalized spacial score (nSPS) is 11.1. The fourth-order valence-electron chi connectivity index (χ4n) is 0.969. The van der Waals surface area contributed by atoms with Crippen molar-refractivity contribution in [2.45, 2.75) is 20.8 Å². The van der Waals surface area contributed by atoms with E-state index < -0.39 is 11.2 Å². The van der Waals surface area contributed by atoms with Crippen LogP contribution in [0.25, 0.3) is 0 Å². The van der Waals surface area contributed by atoms with Gasteiger partial charge in [0.2, 0.25) is 11.6 Å². The molecule has 0 aromatic carbocycles. The van der Waals surface area contributed by atoms with Crippen molar-refractivity contribution in [3.8, 4) is 0 Å². The van der Waals surface area contributed by atoms with E-state index in [0.717, 1.165) is 0 Å². The molecule has 0 amide bonds. The first-order chi connectivity index (χ1) is 6.43. The van der Waals surface area contributed by atoms with Crippen LogP contribution < -0.4 is 0 Å². The zero-order valence-electron chi connectivity index (χ0n) is 8.57. The van der Waals surface area contributed by atoms with Gasteiger partial charge in [-0.05, 0) is 12.1 Å². The quantitative estimate of drug-likeness (QED) is 0.529. The molecule has 14 heavy (non-hydrogen) atoms. The largest absolute Gasteiger partial charge is 0.290 e. The minimum atomic E-state index is -0.632. The molecule has 1 aromatic heterocycles. The summed E-state index contributed by atoms with van der Waals surface area (Å²) in [6, 6.07) is 3.24. The molecule has 3 nitrogen and oxygen atoms in total. The lowest BCUT2D eigenvalue weighted by Gasteiger charge is -2.14. The highest BCUT2D eigenvalue weighted by Gasteiger charge is 2.28. The Balaban J connectivity index is 2.93. The minimum Gasteiger partial charge on any atom is -0.290 e. The fraction of sp³-hybridized carbons (Fsp3) is 0.364. The fourth-order valence-corrected chi connectivity index (χ4v) is 0.969. The van der Waals surface area contributed by atoms with Gasteiger partial charge in [-0.3, -0.25) is 14.6 Å². The molecule has 0 saturated heterocycles. The molecule has 0 aliphatic carbocycles. The number of ketones is 2. The van der Waals surface area contributed by atoms with Crippen molar-refractivity contribution in [3.63, 3.8) is 0 Å². The average Bonchev–Trinajstić information content (AvgIpc) is 2.15. The number of aromatic nitrogens is 1. The van der Waals surface area contributed by atoms with Gasteiger partial charge in [0.25, 0.3) is 0 Å². The second-order valence-corrected chi connectivity index (χ2v) is 4.15. The molecular weight excluding hydrogens is 178 g/mol. The molecule has 0 bridgehead atoms. The number of hydrogen-bond acceptors (Lipinski definition) is 3. The van der Waals surface area contributed by atoms with Crippen molar-refractivity contribution in [2.24, 2.45) is 5.41 Å². The smallest absolute Gasteiger partial charge is 0.230 e. The van der Waals surface area contributed by atoms with E-state index in [1.54, 1.807) is 39.1 Å². The lowest BCUT2D eigenvalue weighted by Crippen LogP contribution is -2.28. The zero-order chi connectivity index (χ0) is 10.8. The summed E-state index contributed by atoms with van der Waals surface area (Å²) in [7, 11) is 0. The van der Waals surface area contributed by atoms with Crippen LogP contribution in [0.5, 0.6) is 0 Å². The van der Waals surface area contributed by atoms with E-state index in [4.69, 9.17) is 0 Å². The van der Waals surface area contributed by atoms with Crippen LogP contribution in [0.3, 0.4) is 0 Å². The SMILES string of the molecule is CC(C)(C)C(=O)C(=O)c1cccnc1. The predicted octanol–water partition coefficient (Wildman–Crippen LogP) is 1.88. The van der Waals surface area contributed by atoms with Gasteiger partial charge in [-0.1, -0.05) is 20.8 Å². The number of nitrogens with zero attached hydrogens (tertiary/aromatic N) is 1. The molecule has 1 rings (SSSR count). The molecule has 0 unspecified atom stereocenters. The first kappa shape index (κ1) is 10.6. The molecular formula is C11H13NO2. The Bertz CT molecular complexity index is 349. The Morgan fingerprint density at radius 1 is 1.29 bits per heavy atom. The van der Waals surface area contributed by atoms with Crippen LogP contribution in [0, 0.1) is 5.41 Å². The van der Waals surface area contributed by atoms with Crippen molar-refractivity contribution in [2.75, 3.05) is 0 Å². The Kier molecular flexibility index (Phi) is 2.79. The number of rotatable bonds is 2. The van der Waals surface area contributed by atoms with Crippen molar-refractivity contribution < 1.29 is 9.59 Å². The van der Waals surface area contributed by atoms with E-state index in [1.165, 1.54) is 6.20 Å². The van der Waals surface area contributed by atoms with E-state index >= 15 is 0 Å². The van der Waals surface area contributed by atoms with Gasteiger partial charge < -0.3 is 0 Å². The molecule has 0 radical (unpaired) electrons. The molecule has 0 aliphatic heterocycles. The Hall–Kier alpha value is -1.51. The van der Waals surface area contributed by atoms with Crippen molar-refractivity contribution in [1.29, 1.82) is 0 Å². The summed E-state index contributed by atoms with van der Waals surface area (Å²) in [6.07, 6.45) is 2.98. The average molecular weight is 191 g/mol. The van der Waals surface area contributed by atoms with Gasteiger partial charge in [0.1, 0.15) is 0 Å². The summed E-state index contributed by atoms with van der Waals surface area (Å²) in [6.45, 7) is 5.18. The highest BCUT2D eigenvalue weighted by atomic mass is 16.2. The minimum absolute atomic E-state index is 0.354. The van der Waals surface area contributed by atoms with Crippen LogP contribution in [0.15, 0.2) is 24.5 Å². The maximum Gasteiger partial charge on any atom is 0.230 e. The van der Waals surface area contributed by atoms with Crippen molar-refractivity contribution >= 4 is 11.6 Å². The lowest BCUT2D eigenvalue weighted by atomic mass is 9.86. The summed E-state index contributed by atoms with van der Waals surface area (Å²) in [4.78, 5) is 27.0. The zero-order valence-corrected chi connectivity index (χ0v) is 8.57. The molecule has 74 valence electrons. The first-order valence-corrected chi connectivity index (χ1v) is 4.42. The predicted molar refractivity (Wildman–Crippen MR) is 53.0 cm³/mol. The number of carbonyl (C=O) groups is 2. The van der Waals surface area contributed by atoms with Gasteiger partial charge in [0.15, 0.2) is 0 Å². The number of Topliss-reactive ketones (excluding diaryl/α,β-unsaturated/α-hetero) is 2. The highest BCUT2D eigenvalue weighted by molar-refractivity contribution is 6.45. The molecule has 0 atom stereocenters. The molecule has 0 spiro atoms. The third-order valence-electron chi connectivity index (χ3n) is 1.81. The van der Waals surface area contributed by atoms with Crippen molar-refractivity contribution in [1.82, 2.24) is 4.98 Å². The summed E-state index contributed by atoms with van der Waals surface area (Å²) in [5, 5.41) is 0.